The number of phenols is 1. The van der Waals surface area contributed by atoms with Crippen LogP contribution in [-0.2, 0) is 16.6 Å². The lowest BCUT2D eigenvalue weighted by atomic mass is 9.49. The first-order chi connectivity index (χ1) is 16.8. The number of ether oxygens (including phenoxy) is 1. The zero-order valence-corrected chi connectivity index (χ0v) is 19.6. The van der Waals surface area contributed by atoms with Gasteiger partial charge in [-0.05, 0) is 68.3 Å². The summed E-state index contributed by atoms with van der Waals surface area (Å²) in [7, 11) is 0. The monoisotopic (exact) mass is 475 g/mol. The molecule has 4 N–H and O–H groups in total. The summed E-state index contributed by atoms with van der Waals surface area (Å²) >= 11 is 0. The number of phenolic OH excluding ortho intramolecular Hbond substituents is 1. The van der Waals surface area contributed by atoms with Gasteiger partial charge in [0.15, 0.2) is 17.6 Å². The van der Waals surface area contributed by atoms with E-state index in [1.807, 2.05) is 19.1 Å². The van der Waals surface area contributed by atoms with Crippen LogP contribution in [0.5, 0.6) is 11.5 Å². The van der Waals surface area contributed by atoms with Crippen LogP contribution in [0.1, 0.15) is 42.4 Å². The van der Waals surface area contributed by atoms with Gasteiger partial charge in [-0.25, -0.2) is 4.98 Å². The third kappa shape index (κ3) is 2.75. The lowest BCUT2D eigenvalue weighted by Gasteiger charge is -2.62. The van der Waals surface area contributed by atoms with E-state index in [0.29, 0.717) is 30.3 Å². The molecule has 2 aliphatic heterocycles. The zero-order chi connectivity index (χ0) is 24.1. The maximum Gasteiger partial charge on any atom is 0.256 e. The highest BCUT2D eigenvalue weighted by atomic mass is 16.5. The number of piperidine rings is 1. The number of aromatic nitrogens is 1. The van der Waals surface area contributed by atoms with Gasteiger partial charge in [-0.2, -0.15) is 0 Å². The number of hydrogen-bond acceptors (Lipinski definition) is 7. The van der Waals surface area contributed by atoms with E-state index in [1.54, 1.807) is 18.3 Å². The average Bonchev–Trinajstić information content (AvgIpc) is 3.57. The van der Waals surface area contributed by atoms with Crippen LogP contribution in [0.15, 0.2) is 41.8 Å². The zero-order valence-electron chi connectivity index (χ0n) is 19.6. The molecule has 2 fully saturated rings. The molecule has 8 nitrogen and oxygen atoms in total. The Bertz CT molecular complexity index is 1290. The minimum atomic E-state index is -1.32. The Kier molecular flexibility index (Phi) is 4.23. The van der Waals surface area contributed by atoms with E-state index in [2.05, 4.69) is 15.2 Å². The van der Waals surface area contributed by atoms with Crippen LogP contribution in [0.2, 0.25) is 0 Å². The smallest absolute Gasteiger partial charge is 0.256 e. The van der Waals surface area contributed by atoms with Crippen molar-refractivity contribution >= 4 is 11.7 Å². The van der Waals surface area contributed by atoms with E-state index in [1.165, 1.54) is 12.8 Å². The molecule has 1 amide bonds. The van der Waals surface area contributed by atoms with Crippen molar-refractivity contribution in [1.29, 1.82) is 0 Å². The molecule has 182 valence electrons. The number of likely N-dealkylation sites (tertiary alicyclic amines) is 1. The molecule has 4 atom stereocenters. The predicted octanol–water partition coefficient (Wildman–Crippen LogP) is 2.72. The number of aliphatic hydroxyl groups excluding tert-OH is 1. The van der Waals surface area contributed by atoms with Gasteiger partial charge in [0.1, 0.15) is 11.6 Å². The molecule has 3 aliphatic carbocycles. The minimum Gasteiger partial charge on any atom is -0.508 e. The van der Waals surface area contributed by atoms with E-state index < -0.39 is 23.0 Å². The molecule has 1 saturated carbocycles. The third-order valence-electron chi connectivity index (χ3n) is 8.94. The molecule has 35 heavy (non-hydrogen) atoms. The van der Waals surface area contributed by atoms with Crippen molar-refractivity contribution in [2.75, 3.05) is 18.4 Å². The van der Waals surface area contributed by atoms with Crippen LogP contribution in [0.3, 0.4) is 0 Å². The molecule has 0 unspecified atom stereocenters. The van der Waals surface area contributed by atoms with Gasteiger partial charge >= 0.3 is 0 Å². The lowest BCUT2D eigenvalue weighted by molar-refractivity contribution is -0.172. The molecule has 1 saturated heterocycles. The molecule has 1 spiro atoms. The number of carbonyl (C=O) groups is 1. The van der Waals surface area contributed by atoms with E-state index in [-0.39, 0.29) is 29.5 Å². The maximum absolute atomic E-state index is 13.4. The molecule has 2 aromatic rings. The number of aliphatic hydroxyl groups is 2. The summed E-state index contributed by atoms with van der Waals surface area (Å²) in [6.45, 7) is 3.62. The molecule has 3 heterocycles. The first-order valence-electron chi connectivity index (χ1n) is 12.5. The topological polar surface area (TPSA) is 115 Å². The van der Waals surface area contributed by atoms with Gasteiger partial charge in [0, 0.05) is 30.8 Å². The Balaban J connectivity index is 1.35. The van der Waals surface area contributed by atoms with Crippen molar-refractivity contribution in [2.24, 2.45) is 5.92 Å². The Morgan fingerprint density at radius 1 is 1.26 bits per heavy atom. The van der Waals surface area contributed by atoms with Crippen molar-refractivity contribution in [1.82, 2.24) is 9.88 Å². The van der Waals surface area contributed by atoms with Crippen LogP contribution >= 0.6 is 0 Å². The summed E-state index contributed by atoms with van der Waals surface area (Å²) in [6, 6.07) is 6.90. The number of benzene rings is 1. The Labute approximate surface area is 203 Å². The van der Waals surface area contributed by atoms with Gasteiger partial charge < -0.3 is 25.4 Å². The van der Waals surface area contributed by atoms with Crippen LogP contribution in [0, 0.1) is 12.8 Å². The molecule has 1 aromatic carbocycles. The number of hydrogen-bond donors (Lipinski definition) is 4. The lowest BCUT2D eigenvalue weighted by Crippen LogP contribution is -2.75. The van der Waals surface area contributed by atoms with Gasteiger partial charge in [0.05, 0.1) is 16.6 Å². The first-order valence-corrected chi connectivity index (χ1v) is 12.5. The summed E-state index contributed by atoms with van der Waals surface area (Å²) in [5, 5.41) is 37.5. The molecule has 7 rings (SSSR count). The van der Waals surface area contributed by atoms with Crippen molar-refractivity contribution < 1.29 is 24.9 Å². The number of rotatable bonds is 4. The average molecular weight is 476 g/mol. The Hall–Kier alpha value is -3.10. The number of aromatic hydroxyl groups is 1. The predicted molar refractivity (Wildman–Crippen MR) is 127 cm³/mol. The van der Waals surface area contributed by atoms with Gasteiger partial charge in [-0.1, -0.05) is 12.1 Å². The molecule has 0 radical (unpaired) electrons. The Morgan fingerprint density at radius 2 is 2.09 bits per heavy atom. The van der Waals surface area contributed by atoms with Gasteiger partial charge in [0.25, 0.3) is 5.91 Å². The molecule has 8 heteroatoms. The molecule has 1 aromatic heterocycles. The summed E-state index contributed by atoms with van der Waals surface area (Å²) in [5.74, 6) is 0.691. The maximum atomic E-state index is 13.4. The summed E-state index contributed by atoms with van der Waals surface area (Å²) in [6.07, 6.45) is 4.36. The van der Waals surface area contributed by atoms with Crippen LogP contribution in [0.25, 0.3) is 0 Å². The fraction of sp³-hybridized carbons (Fsp3) is 0.481. The highest BCUT2D eigenvalue weighted by Crippen LogP contribution is 2.66. The van der Waals surface area contributed by atoms with Crippen LogP contribution < -0.4 is 10.1 Å². The summed E-state index contributed by atoms with van der Waals surface area (Å²) < 4.78 is 6.23. The number of carbonyl (C=O) groups excluding carboxylic acids is 1. The number of anilines is 1. The quantitative estimate of drug-likeness (QED) is 0.538. The first kappa shape index (κ1) is 21.2. The summed E-state index contributed by atoms with van der Waals surface area (Å²) in [4.78, 5) is 20.0. The van der Waals surface area contributed by atoms with E-state index in [9.17, 15) is 20.1 Å². The second-order valence-electron chi connectivity index (χ2n) is 11.0. The second kappa shape index (κ2) is 6.98. The number of nitrogens with zero attached hydrogens (tertiary/aromatic N) is 2. The van der Waals surface area contributed by atoms with Crippen molar-refractivity contribution in [3.63, 3.8) is 0 Å². The SMILES string of the molecule is Cc1ccc(NC(=O)C2=C(O)[C@@H]3Oc4c(O)ccc5c4[C@@]34CCN(CC3CC3)[C@H](C5)[C@]4(O)C2)nc1. The van der Waals surface area contributed by atoms with E-state index in [4.69, 9.17) is 4.74 Å². The highest BCUT2D eigenvalue weighted by Gasteiger charge is 2.73. The van der Waals surface area contributed by atoms with Gasteiger partial charge in [0.2, 0.25) is 0 Å². The van der Waals surface area contributed by atoms with E-state index in [0.717, 1.165) is 29.8 Å². The Morgan fingerprint density at radius 3 is 2.83 bits per heavy atom. The molecule has 2 bridgehead atoms. The second-order valence-corrected chi connectivity index (χ2v) is 11.0. The van der Waals surface area contributed by atoms with Crippen molar-refractivity contribution in [3.05, 3.63) is 58.5 Å². The fourth-order valence-electron chi connectivity index (χ4n) is 7.10. The fourth-order valence-corrected chi connectivity index (χ4v) is 7.10. The molecule has 5 aliphatic rings. The van der Waals surface area contributed by atoms with E-state index >= 15 is 0 Å². The highest BCUT2D eigenvalue weighted by molar-refractivity contribution is 6.04. The number of aryl methyl sites for hydroxylation is 1. The number of nitrogens with one attached hydrogen (secondary N) is 1. The number of amides is 1. The minimum absolute atomic E-state index is 0.00334. The summed E-state index contributed by atoms with van der Waals surface area (Å²) in [5.41, 5.74) is 0.701. The number of pyridine rings is 1. The largest absolute Gasteiger partial charge is 0.508 e. The van der Waals surface area contributed by atoms with Gasteiger partial charge in [-0.3, -0.25) is 9.69 Å². The van der Waals surface area contributed by atoms with Crippen LogP contribution in [-0.4, -0.2) is 61.9 Å². The van der Waals surface area contributed by atoms with Gasteiger partial charge in [-0.15, -0.1) is 0 Å². The molecular weight excluding hydrogens is 446 g/mol. The third-order valence-corrected chi connectivity index (χ3v) is 8.94. The van der Waals surface area contributed by atoms with Crippen LogP contribution in [0.4, 0.5) is 5.82 Å². The van der Waals surface area contributed by atoms with Crippen molar-refractivity contribution in [3.8, 4) is 11.5 Å². The van der Waals surface area contributed by atoms with Crippen molar-refractivity contribution in [2.45, 2.75) is 62.2 Å². The normalized spacial score (nSPS) is 32.7. The molecular formula is C27H29N3O5. The standard InChI is InChI=1S/C27H29N3O5/c1-14-2-7-20(28-12-14)29-25(33)17-11-27(34)19-10-16-5-6-18(31)23-21(16)26(27,24(35-23)22(17)32)8-9-30(19)13-15-3-4-15/h2,5-7,12,15,19,24,31-32,34H,3-4,8-11,13H2,1H3,(H,28,29,33)/t19-,24+,26+,27-/m1/s1.